The molecule has 3 rings (SSSR count). The first-order valence-electron chi connectivity index (χ1n) is 9.35. The van der Waals surface area contributed by atoms with E-state index < -0.39 is 10.0 Å². The van der Waals surface area contributed by atoms with Crippen molar-refractivity contribution in [3.05, 3.63) is 84.4 Å². The standard InChI is InChI=1S/C22H25N3O2S2/c1-17(2)28-24-20-10-8-18(9-11-20)16-23-19-12-14-21(15-13-19)25-29(26,27)22-6-4-3-5-7-22/h3-15,17,23-25H,16H2,1-2H3. The Bertz CT molecular complexity index is 1000. The molecule has 0 aliphatic heterocycles. The molecule has 0 aliphatic carbocycles. The lowest BCUT2D eigenvalue weighted by Crippen LogP contribution is -2.12. The molecule has 0 aliphatic rings. The highest BCUT2D eigenvalue weighted by atomic mass is 32.2. The van der Waals surface area contributed by atoms with Crippen molar-refractivity contribution in [3.63, 3.8) is 0 Å². The second-order valence-electron chi connectivity index (χ2n) is 6.82. The minimum Gasteiger partial charge on any atom is -0.381 e. The second kappa shape index (κ2) is 9.71. The van der Waals surface area contributed by atoms with Crippen molar-refractivity contribution < 1.29 is 8.42 Å². The molecular weight excluding hydrogens is 402 g/mol. The largest absolute Gasteiger partial charge is 0.381 e. The van der Waals surface area contributed by atoms with E-state index in [1.165, 1.54) is 5.56 Å². The van der Waals surface area contributed by atoms with Crippen LogP contribution in [0.25, 0.3) is 0 Å². The Kier molecular flexibility index (Phi) is 7.06. The molecule has 3 aromatic rings. The first-order valence-corrected chi connectivity index (χ1v) is 11.7. The van der Waals surface area contributed by atoms with Crippen molar-refractivity contribution in [2.75, 3.05) is 14.8 Å². The van der Waals surface area contributed by atoms with Crippen LogP contribution in [0.5, 0.6) is 0 Å². The van der Waals surface area contributed by atoms with Crippen LogP contribution >= 0.6 is 11.9 Å². The van der Waals surface area contributed by atoms with Gasteiger partial charge in [-0.3, -0.25) is 4.72 Å². The highest BCUT2D eigenvalue weighted by molar-refractivity contribution is 8.01. The number of benzene rings is 3. The van der Waals surface area contributed by atoms with Gasteiger partial charge in [0, 0.05) is 28.9 Å². The Hall–Kier alpha value is -2.64. The van der Waals surface area contributed by atoms with Gasteiger partial charge in [-0.2, -0.15) is 0 Å². The van der Waals surface area contributed by atoms with E-state index in [9.17, 15) is 8.42 Å². The normalized spacial score (nSPS) is 11.3. The lowest BCUT2D eigenvalue weighted by atomic mass is 10.2. The first kappa shape index (κ1) is 21.1. The molecule has 0 radical (unpaired) electrons. The minimum atomic E-state index is -3.57. The molecule has 0 unspecified atom stereocenters. The van der Waals surface area contributed by atoms with E-state index in [0.29, 0.717) is 17.5 Å². The van der Waals surface area contributed by atoms with Gasteiger partial charge < -0.3 is 10.0 Å². The summed E-state index contributed by atoms with van der Waals surface area (Å²) in [6.07, 6.45) is 0. The summed E-state index contributed by atoms with van der Waals surface area (Å²) in [6, 6.07) is 23.8. The predicted molar refractivity (Wildman–Crippen MR) is 124 cm³/mol. The molecule has 0 atom stereocenters. The van der Waals surface area contributed by atoms with Crippen molar-refractivity contribution in [1.82, 2.24) is 0 Å². The smallest absolute Gasteiger partial charge is 0.261 e. The molecule has 0 spiro atoms. The van der Waals surface area contributed by atoms with Crippen LogP contribution in [0.1, 0.15) is 19.4 Å². The van der Waals surface area contributed by atoms with Gasteiger partial charge in [-0.25, -0.2) is 8.42 Å². The molecule has 0 heterocycles. The zero-order valence-electron chi connectivity index (χ0n) is 16.4. The number of anilines is 3. The van der Waals surface area contributed by atoms with Gasteiger partial charge in [0.25, 0.3) is 10.0 Å². The molecule has 5 nitrogen and oxygen atoms in total. The van der Waals surface area contributed by atoms with Crippen molar-refractivity contribution in [3.8, 4) is 0 Å². The van der Waals surface area contributed by atoms with Crippen LogP contribution in [-0.4, -0.2) is 13.7 Å². The maximum atomic E-state index is 12.4. The van der Waals surface area contributed by atoms with Gasteiger partial charge >= 0.3 is 0 Å². The van der Waals surface area contributed by atoms with Crippen LogP contribution in [0.15, 0.2) is 83.8 Å². The van der Waals surface area contributed by atoms with Crippen LogP contribution in [0.4, 0.5) is 17.1 Å². The predicted octanol–water partition coefficient (Wildman–Crippen LogP) is 5.57. The first-order chi connectivity index (χ1) is 13.9. The molecule has 0 aromatic heterocycles. The minimum absolute atomic E-state index is 0.243. The Morgan fingerprint density at radius 2 is 1.38 bits per heavy atom. The van der Waals surface area contributed by atoms with E-state index in [0.717, 1.165) is 11.4 Å². The zero-order chi connectivity index (χ0) is 20.7. The third-order valence-electron chi connectivity index (χ3n) is 4.05. The molecule has 29 heavy (non-hydrogen) atoms. The molecule has 0 saturated carbocycles. The maximum Gasteiger partial charge on any atom is 0.261 e. The van der Waals surface area contributed by atoms with Gasteiger partial charge in [0.2, 0.25) is 0 Å². The SMILES string of the molecule is CC(C)SNc1ccc(CNc2ccc(NS(=O)(=O)c3ccccc3)cc2)cc1. The number of hydrogen-bond acceptors (Lipinski definition) is 5. The van der Waals surface area contributed by atoms with E-state index in [1.54, 1.807) is 54.4 Å². The van der Waals surface area contributed by atoms with Crippen molar-refractivity contribution >= 4 is 39.0 Å². The molecule has 0 amide bonds. The zero-order valence-corrected chi connectivity index (χ0v) is 18.1. The van der Waals surface area contributed by atoms with Crippen LogP contribution in [0, 0.1) is 0 Å². The van der Waals surface area contributed by atoms with E-state index in [4.69, 9.17) is 0 Å². The highest BCUT2D eigenvalue weighted by Gasteiger charge is 2.13. The third-order valence-corrected chi connectivity index (χ3v) is 6.28. The van der Waals surface area contributed by atoms with Crippen LogP contribution in [0.3, 0.4) is 0 Å². The van der Waals surface area contributed by atoms with E-state index >= 15 is 0 Å². The van der Waals surface area contributed by atoms with Crippen LogP contribution in [-0.2, 0) is 16.6 Å². The van der Waals surface area contributed by atoms with Gasteiger partial charge in [-0.05, 0) is 66.0 Å². The fraction of sp³-hybridized carbons (Fsp3) is 0.182. The number of hydrogen-bond donors (Lipinski definition) is 3. The fourth-order valence-corrected chi connectivity index (χ4v) is 4.14. The summed E-state index contributed by atoms with van der Waals surface area (Å²) in [7, 11) is -3.57. The molecule has 0 bridgehead atoms. The second-order valence-corrected chi connectivity index (χ2v) is 9.88. The van der Waals surface area contributed by atoms with Gasteiger partial charge in [-0.15, -0.1) is 0 Å². The molecule has 152 valence electrons. The molecule has 7 heteroatoms. The van der Waals surface area contributed by atoms with E-state index in [-0.39, 0.29) is 4.90 Å². The fourth-order valence-electron chi connectivity index (χ4n) is 2.55. The van der Waals surface area contributed by atoms with Gasteiger partial charge in [0.15, 0.2) is 0 Å². The third kappa shape index (κ3) is 6.44. The monoisotopic (exact) mass is 427 g/mol. The lowest BCUT2D eigenvalue weighted by molar-refractivity contribution is 0.601. The van der Waals surface area contributed by atoms with Gasteiger partial charge in [-0.1, -0.05) is 44.2 Å². The van der Waals surface area contributed by atoms with Gasteiger partial charge in [0.05, 0.1) is 4.90 Å². The molecule has 0 fully saturated rings. The Balaban J connectivity index is 1.54. The van der Waals surface area contributed by atoms with Crippen molar-refractivity contribution in [2.24, 2.45) is 0 Å². The maximum absolute atomic E-state index is 12.4. The average molecular weight is 428 g/mol. The molecular formula is C22H25N3O2S2. The number of nitrogens with one attached hydrogen (secondary N) is 3. The molecule has 3 N–H and O–H groups in total. The molecule has 3 aromatic carbocycles. The number of sulfonamides is 1. The summed E-state index contributed by atoms with van der Waals surface area (Å²) in [5.74, 6) is 0. The van der Waals surface area contributed by atoms with Crippen LogP contribution in [0.2, 0.25) is 0 Å². The Morgan fingerprint density at radius 3 is 2.00 bits per heavy atom. The summed E-state index contributed by atoms with van der Waals surface area (Å²) in [4.78, 5) is 0.243. The van der Waals surface area contributed by atoms with E-state index in [1.807, 2.05) is 12.1 Å². The van der Waals surface area contributed by atoms with Crippen LogP contribution < -0.4 is 14.8 Å². The summed E-state index contributed by atoms with van der Waals surface area (Å²) in [6.45, 7) is 4.98. The Morgan fingerprint density at radius 1 is 0.793 bits per heavy atom. The average Bonchev–Trinajstić information content (AvgIpc) is 2.73. The summed E-state index contributed by atoms with van der Waals surface area (Å²) in [5.41, 5.74) is 3.70. The highest BCUT2D eigenvalue weighted by Crippen LogP contribution is 2.20. The summed E-state index contributed by atoms with van der Waals surface area (Å²) < 4.78 is 30.7. The quantitative estimate of drug-likeness (QED) is 0.390. The topological polar surface area (TPSA) is 70.2 Å². The van der Waals surface area contributed by atoms with E-state index in [2.05, 4.69) is 52.9 Å². The summed E-state index contributed by atoms with van der Waals surface area (Å²) in [5, 5.41) is 3.87. The van der Waals surface area contributed by atoms with Gasteiger partial charge in [0.1, 0.15) is 0 Å². The molecule has 0 saturated heterocycles. The van der Waals surface area contributed by atoms with Crippen molar-refractivity contribution in [1.29, 1.82) is 0 Å². The Labute approximate surface area is 177 Å². The van der Waals surface area contributed by atoms with Crippen molar-refractivity contribution in [2.45, 2.75) is 30.5 Å². The summed E-state index contributed by atoms with van der Waals surface area (Å²) >= 11 is 1.69. The lowest BCUT2D eigenvalue weighted by Gasteiger charge is -2.11. The number of rotatable bonds is 9.